The van der Waals surface area contributed by atoms with Gasteiger partial charge in [-0.1, -0.05) is 23.5 Å². The van der Waals surface area contributed by atoms with Crippen LogP contribution in [0, 0.1) is 0 Å². The first kappa shape index (κ1) is 22.7. The van der Waals surface area contributed by atoms with Crippen molar-refractivity contribution in [2.75, 3.05) is 11.5 Å². The minimum Gasteiger partial charge on any atom is -0.399 e. The molecule has 0 aliphatic carbocycles. The number of anilines is 2. The molecule has 0 aliphatic rings. The van der Waals surface area contributed by atoms with E-state index in [9.17, 15) is 0 Å². The summed E-state index contributed by atoms with van der Waals surface area (Å²) >= 11 is 6.95. The Morgan fingerprint density at radius 1 is 0.529 bits per heavy atom. The maximum Gasteiger partial charge on any atom is 0.0821 e. The lowest BCUT2D eigenvalue weighted by molar-refractivity contribution is 1.36. The second-order valence-corrected chi connectivity index (χ2v) is 11.3. The SMILES string of the molecule is Nc1ccc(Sc2ccnc3ccsc23)cc1.Nc1ccc(Sc2ccnc3ccsc23)cc1. The fourth-order valence-electron chi connectivity index (χ4n) is 3.19. The topological polar surface area (TPSA) is 77.8 Å². The molecule has 4 N–H and O–H groups in total. The van der Waals surface area contributed by atoms with Gasteiger partial charge in [0.25, 0.3) is 0 Å². The number of benzene rings is 2. The van der Waals surface area contributed by atoms with E-state index in [0.29, 0.717) is 0 Å². The third-order valence-electron chi connectivity index (χ3n) is 4.83. The van der Waals surface area contributed by atoms with Crippen LogP contribution in [0.3, 0.4) is 0 Å². The van der Waals surface area contributed by atoms with Crippen molar-refractivity contribution in [3.05, 3.63) is 96.0 Å². The number of hydrogen-bond acceptors (Lipinski definition) is 8. The highest BCUT2D eigenvalue weighted by molar-refractivity contribution is 8.00. The zero-order valence-electron chi connectivity index (χ0n) is 17.9. The lowest BCUT2D eigenvalue weighted by atomic mass is 10.3. The molecule has 168 valence electrons. The molecule has 0 amide bonds. The van der Waals surface area contributed by atoms with Gasteiger partial charge in [0.2, 0.25) is 0 Å². The number of aromatic nitrogens is 2. The summed E-state index contributed by atoms with van der Waals surface area (Å²) in [5.74, 6) is 0. The molecule has 0 radical (unpaired) electrons. The maximum absolute atomic E-state index is 5.68. The van der Waals surface area contributed by atoms with Crippen LogP contribution in [0.4, 0.5) is 11.4 Å². The number of nitrogens with two attached hydrogens (primary N) is 2. The van der Waals surface area contributed by atoms with Crippen LogP contribution in [-0.4, -0.2) is 9.97 Å². The Labute approximate surface area is 214 Å². The van der Waals surface area contributed by atoms with Gasteiger partial charge in [0.15, 0.2) is 0 Å². The largest absolute Gasteiger partial charge is 0.399 e. The van der Waals surface area contributed by atoms with E-state index in [4.69, 9.17) is 11.5 Å². The standard InChI is InChI=1S/2C13H10N2S2/c2*14-9-1-3-10(4-2-9)17-12-5-7-15-11-6-8-16-13(11)12/h2*1-8H,14H2. The third kappa shape index (κ3) is 5.37. The Kier molecular flexibility index (Phi) is 7.01. The average molecular weight is 517 g/mol. The molecule has 6 rings (SSSR count). The summed E-state index contributed by atoms with van der Waals surface area (Å²) in [6.07, 6.45) is 3.71. The number of thiophene rings is 2. The summed E-state index contributed by atoms with van der Waals surface area (Å²) < 4.78 is 2.49. The number of nitrogen functional groups attached to an aromatic ring is 2. The van der Waals surface area contributed by atoms with Crippen molar-refractivity contribution in [1.29, 1.82) is 0 Å². The van der Waals surface area contributed by atoms with Gasteiger partial charge in [-0.15, -0.1) is 22.7 Å². The van der Waals surface area contributed by atoms with Crippen LogP contribution in [0.25, 0.3) is 20.4 Å². The summed E-state index contributed by atoms with van der Waals surface area (Å²) in [4.78, 5) is 13.5. The number of rotatable bonds is 4. The smallest absolute Gasteiger partial charge is 0.0821 e. The molecule has 4 heterocycles. The van der Waals surface area contributed by atoms with Gasteiger partial charge in [-0.3, -0.25) is 9.97 Å². The van der Waals surface area contributed by atoms with Crippen molar-refractivity contribution >= 4 is 78.0 Å². The Morgan fingerprint density at radius 3 is 1.35 bits per heavy atom. The summed E-state index contributed by atoms with van der Waals surface area (Å²) in [7, 11) is 0. The molecule has 8 heteroatoms. The molecule has 34 heavy (non-hydrogen) atoms. The van der Waals surface area contributed by atoms with E-state index in [0.717, 1.165) is 22.4 Å². The van der Waals surface area contributed by atoms with E-state index >= 15 is 0 Å². The van der Waals surface area contributed by atoms with E-state index in [1.807, 2.05) is 73.1 Å². The number of fused-ring (bicyclic) bond motifs is 2. The zero-order chi connectivity index (χ0) is 23.3. The first-order chi connectivity index (χ1) is 16.7. The molecule has 0 aliphatic heterocycles. The summed E-state index contributed by atoms with van der Waals surface area (Å²) in [5, 5.41) is 4.15. The Hall–Kier alpha value is -3.04. The molecule has 4 aromatic heterocycles. The molecule has 0 spiro atoms. The predicted molar refractivity (Wildman–Crippen MR) is 149 cm³/mol. The lowest BCUT2D eigenvalue weighted by Crippen LogP contribution is -1.82. The molecule has 2 aromatic carbocycles. The van der Waals surface area contributed by atoms with E-state index in [1.54, 1.807) is 46.2 Å². The van der Waals surface area contributed by atoms with Gasteiger partial charge in [-0.2, -0.15) is 0 Å². The van der Waals surface area contributed by atoms with E-state index in [-0.39, 0.29) is 0 Å². The van der Waals surface area contributed by atoms with Gasteiger partial charge in [0.05, 0.1) is 20.4 Å². The summed E-state index contributed by atoms with van der Waals surface area (Å²) in [6, 6.07) is 24.1. The molecular formula is C26H20N4S4. The Balaban J connectivity index is 0.000000142. The molecule has 0 saturated heterocycles. The highest BCUT2D eigenvalue weighted by Crippen LogP contribution is 2.36. The van der Waals surface area contributed by atoms with Crippen molar-refractivity contribution in [2.24, 2.45) is 0 Å². The van der Waals surface area contributed by atoms with Gasteiger partial charge < -0.3 is 11.5 Å². The van der Waals surface area contributed by atoms with Crippen molar-refractivity contribution in [3.8, 4) is 0 Å². The van der Waals surface area contributed by atoms with Gasteiger partial charge in [0.1, 0.15) is 0 Å². The van der Waals surface area contributed by atoms with Gasteiger partial charge in [0, 0.05) is 43.4 Å². The molecule has 0 saturated carbocycles. The molecule has 0 bridgehead atoms. The van der Waals surface area contributed by atoms with Crippen molar-refractivity contribution < 1.29 is 0 Å². The molecule has 0 unspecified atom stereocenters. The lowest BCUT2D eigenvalue weighted by Gasteiger charge is -2.03. The highest BCUT2D eigenvalue weighted by atomic mass is 32.2. The van der Waals surface area contributed by atoms with Crippen molar-refractivity contribution in [3.63, 3.8) is 0 Å². The molecule has 0 fully saturated rings. The van der Waals surface area contributed by atoms with Crippen molar-refractivity contribution in [2.45, 2.75) is 19.6 Å². The Morgan fingerprint density at radius 2 is 0.941 bits per heavy atom. The van der Waals surface area contributed by atoms with E-state index < -0.39 is 0 Å². The number of hydrogen-bond donors (Lipinski definition) is 2. The third-order valence-corrected chi connectivity index (χ3v) is 9.10. The van der Waals surface area contributed by atoms with Crippen LogP contribution in [0.5, 0.6) is 0 Å². The minimum absolute atomic E-state index is 0.797. The monoisotopic (exact) mass is 516 g/mol. The Bertz CT molecular complexity index is 1410. The average Bonchev–Trinajstić information content (AvgIpc) is 3.53. The van der Waals surface area contributed by atoms with Crippen LogP contribution in [0.2, 0.25) is 0 Å². The summed E-state index contributed by atoms with van der Waals surface area (Å²) in [6.45, 7) is 0. The van der Waals surface area contributed by atoms with Crippen LogP contribution in [0.1, 0.15) is 0 Å². The minimum atomic E-state index is 0.797. The van der Waals surface area contributed by atoms with Crippen LogP contribution >= 0.6 is 46.2 Å². The first-order valence-corrected chi connectivity index (χ1v) is 13.8. The summed E-state index contributed by atoms with van der Waals surface area (Å²) in [5.41, 5.74) is 15.1. The van der Waals surface area contributed by atoms with Crippen molar-refractivity contribution in [1.82, 2.24) is 9.97 Å². The van der Waals surface area contributed by atoms with Crippen LogP contribution < -0.4 is 11.5 Å². The predicted octanol–water partition coefficient (Wildman–Crippen LogP) is 8.06. The molecule has 4 nitrogen and oxygen atoms in total. The second-order valence-electron chi connectivity index (χ2n) is 7.23. The molecular weight excluding hydrogens is 497 g/mol. The zero-order valence-corrected chi connectivity index (χ0v) is 21.2. The van der Waals surface area contributed by atoms with Gasteiger partial charge >= 0.3 is 0 Å². The normalized spacial score (nSPS) is 10.8. The van der Waals surface area contributed by atoms with E-state index in [2.05, 4.69) is 32.9 Å². The molecule has 6 aromatic rings. The van der Waals surface area contributed by atoms with Crippen LogP contribution in [-0.2, 0) is 0 Å². The quantitative estimate of drug-likeness (QED) is 0.231. The second kappa shape index (κ2) is 10.5. The first-order valence-electron chi connectivity index (χ1n) is 10.4. The maximum atomic E-state index is 5.68. The highest BCUT2D eigenvalue weighted by Gasteiger charge is 2.06. The van der Waals surface area contributed by atoms with Gasteiger partial charge in [-0.05, 0) is 83.6 Å². The van der Waals surface area contributed by atoms with Crippen LogP contribution in [0.15, 0.2) is 116 Å². The fraction of sp³-hybridized carbons (Fsp3) is 0. The van der Waals surface area contributed by atoms with E-state index in [1.165, 1.54) is 29.0 Å². The number of pyridine rings is 2. The number of nitrogens with zero attached hydrogens (tertiary/aromatic N) is 2. The molecule has 0 atom stereocenters. The fourth-order valence-corrected chi connectivity index (χ4v) is 6.95. The van der Waals surface area contributed by atoms with Gasteiger partial charge in [-0.25, -0.2) is 0 Å².